The lowest BCUT2D eigenvalue weighted by Gasteiger charge is -2.30. The number of nitrogens with two attached hydrogens (primary N) is 1. The molecule has 0 aliphatic carbocycles. The van der Waals surface area contributed by atoms with Crippen molar-refractivity contribution >= 4 is 0 Å². The van der Waals surface area contributed by atoms with Gasteiger partial charge in [0.2, 0.25) is 0 Å². The average Bonchev–Trinajstić information content (AvgIpc) is 1.95. The summed E-state index contributed by atoms with van der Waals surface area (Å²) in [6, 6.07) is 0.368. The molecule has 0 radical (unpaired) electrons. The zero-order valence-corrected chi connectivity index (χ0v) is 8.68. The van der Waals surface area contributed by atoms with Gasteiger partial charge in [0.25, 0.3) is 0 Å². The van der Waals surface area contributed by atoms with E-state index in [1.807, 2.05) is 0 Å². The molecule has 0 aromatic heterocycles. The van der Waals surface area contributed by atoms with E-state index in [2.05, 4.69) is 26.1 Å². The predicted octanol–water partition coefficient (Wildman–Crippen LogP) is 0.596. The second kappa shape index (κ2) is 5.51. The van der Waals surface area contributed by atoms with E-state index >= 15 is 0 Å². The third kappa shape index (κ3) is 4.70. The summed E-state index contributed by atoms with van der Waals surface area (Å²) >= 11 is 0. The maximum Gasteiger partial charge on any atom is 0.0587 e. The molecule has 0 rings (SSSR count). The van der Waals surface area contributed by atoms with Crippen molar-refractivity contribution in [1.29, 1.82) is 0 Å². The first-order valence-electron chi connectivity index (χ1n) is 4.44. The molecular weight excluding hydrogens is 152 g/mol. The summed E-state index contributed by atoms with van der Waals surface area (Å²) in [6.45, 7) is 8.84. The lowest BCUT2D eigenvalue weighted by Crippen LogP contribution is -2.46. The van der Waals surface area contributed by atoms with Gasteiger partial charge in [-0.05, 0) is 5.41 Å². The lowest BCUT2D eigenvalue weighted by molar-refractivity contribution is 0.182. The van der Waals surface area contributed by atoms with E-state index in [1.54, 1.807) is 7.11 Å². The Bertz CT molecular complexity index is 110. The zero-order chi connectivity index (χ0) is 9.61. The highest BCUT2D eigenvalue weighted by Gasteiger charge is 2.21. The van der Waals surface area contributed by atoms with Gasteiger partial charge < -0.3 is 15.8 Å². The van der Waals surface area contributed by atoms with Gasteiger partial charge in [0, 0.05) is 26.2 Å². The number of hydrogen-bond donors (Lipinski definition) is 2. The van der Waals surface area contributed by atoms with Crippen molar-refractivity contribution in [3.63, 3.8) is 0 Å². The smallest absolute Gasteiger partial charge is 0.0587 e. The number of ether oxygens (including phenoxy) is 1. The molecule has 0 aromatic rings. The summed E-state index contributed by atoms with van der Waals surface area (Å²) < 4.78 is 4.95. The van der Waals surface area contributed by atoms with Crippen molar-refractivity contribution in [2.24, 2.45) is 11.1 Å². The first-order valence-corrected chi connectivity index (χ1v) is 4.44. The van der Waals surface area contributed by atoms with Gasteiger partial charge in [0.05, 0.1) is 6.61 Å². The fraction of sp³-hybridized carbons (Fsp3) is 1.00. The van der Waals surface area contributed by atoms with Crippen LogP contribution in [0.3, 0.4) is 0 Å². The standard InChI is InChI=1S/C9H22N2O/c1-9(2,3)8(7-10)11-5-6-12-4/h8,11H,5-7,10H2,1-4H3. The van der Waals surface area contributed by atoms with Gasteiger partial charge in [0.1, 0.15) is 0 Å². The van der Waals surface area contributed by atoms with Crippen LogP contribution >= 0.6 is 0 Å². The van der Waals surface area contributed by atoms with Gasteiger partial charge in [-0.3, -0.25) is 0 Å². The summed E-state index contributed by atoms with van der Waals surface area (Å²) in [5.74, 6) is 0. The molecule has 0 bridgehead atoms. The average molecular weight is 174 g/mol. The third-order valence-electron chi connectivity index (χ3n) is 1.98. The van der Waals surface area contributed by atoms with E-state index in [1.165, 1.54) is 0 Å². The van der Waals surface area contributed by atoms with Crippen LogP contribution in [0.5, 0.6) is 0 Å². The van der Waals surface area contributed by atoms with Crippen molar-refractivity contribution < 1.29 is 4.74 Å². The molecule has 74 valence electrons. The van der Waals surface area contributed by atoms with Crippen LogP contribution in [-0.2, 0) is 4.74 Å². The van der Waals surface area contributed by atoms with Crippen LogP contribution in [0, 0.1) is 5.41 Å². The molecule has 3 nitrogen and oxygen atoms in total. The van der Waals surface area contributed by atoms with Gasteiger partial charge in [-0.2, -0.15) is 0 Å². The van der Waals surface area contributed by atoms with Crippen LogP contribution in [0.2, 0.25) is 0 Å². The summed E-state index contributed by atoms with van der Waals surface area (Å²) in [5.41, 5.74) is 5.86. The van der Waals surface area contributed by atoms with Gasteiger partial charge in [-0.25, -0.2) is 0 Å². The molecule has 1 unspecified atom stereocenters. The fourth-order valence-electron chi connectivity index (χ4n) is 1.08. The lowest BCUT2D eigenvalue weighted by atomic mass is 9.87. The monoisotopic (exact) mass is 174 g/mol. The topological polar surface area (TPSA) is 47.3 Å². The number of rotatable bonds is 5. The van der Waals surface area contributed by atoms with Gasteiger partial charge in [-0.15, -0.1) is 0 Å². The normalized spacial score (nSPS) is 14.8. The van der Waals surface area contributed by atoms with Crippen molar-refractivity contribution in [2.75, 3.05) is 26.8 Å². The minimum Gasteiger partial charge on any atom is -0.383 e. The molecule has 1 atom stereocenters. The largest absolute Gasteiger partial charge is 0.383 e. The molecule has 0 aliphatic heterocycles. The maximum atomic E-state index is 5.64. The zero-order valence-electron chi connectivity index (χ0n) is 8.68. The van der Waals surface area contributed by atoms with Crippen LogP contribution in [0.4, 0.5) is 0 Å². The Labute approximate surface area is 75.7 Å². The van der Waals surface area contributed by atoms with Crippen LogP contribution in [-0.4, -0.2) is 32.8 Å². The Morgan fingerprint density at radius 3 is 2.33 bits per heavy atom. The quantitative estimate of drug-likeness (QED) is 0.600. The summed E-state index contributed by atoms with van der Waals surface area (Å²) in [5, 5.41) is 3.36. The minimum atomic E-state index is 0.225. The maximum absolute atomic E-state index is 5.64. The van der Waals surface area contributed by atoms with E-state index in [0.29, 0.717) is 12.6 Å². The van der Waals surface area contributed by atoms with Crippen molar-refractivity contribution in [3.8, 4) is 0 Å². The van der Waals surface area contributed by atoms with Crippen LogP contribution in [0.25, 0.3) is 0 Å². The molecule has 0 aromatic carbocycles. The van der Waals surface area contributed by atoms with Gasteiger partial charge in [-0.1, -0.05) is 20.8 Å². The van der Waals surface area contributed by atoms with E-state index in [9.17, 15) is 0 Å². The van der Waals surface area contributed by atoms with E-state index in [0.717, 1.165) is 13.2 Å². The Kier molecular flexibility index (Phi) is 5.46. The number of hydrogen-bond acceptors (Lipinski definition) is 3. The molecule has 12 heavy (non-hydrogen) atoms. The molecule has 0 saturated carbocycles. The fourth-order valence-corrected chi connectivity index (χ4v) is 1.08. The highest BCUT2D eigenvalue weighted by molar-refractivity contribution is 4.80. The molecule has 0 aliphatic rings. The summed E-state index contributed by atoms with van der Waals surface area (Å²) in [4.78, 5) is 0. The Balaban J connectivity index is 3.68. The summed E-state index contributed by atoms with van der Waals surface area (Å²) in [6.07, 6.45) is 0. The van der Waals surface area contributed by atoms with Crippen molar-refractivity contribution in [1.82, 2.24) is 5.32 Å². The molecule has 0 saturated heterocycles. The SMILES string of the molecule is COCCNC(CN)C(C)(C)C. The molecular formula is C9H22N2O. The van der Waals surface area contributed by atoms with E-state index in [4.69, 9.17) is 10.5 Å². The second-order valence-electron chi connectivity index (χ2n) is 4.10. The van der Waals surface area contributed by atoms with Crippen LogP contribution < -0.4 is 11.1 Å². The van der Waals surface area contributed by atoms with E-state index in [-0.39, 0.29) is 5.41 Å². The molecule has 3 N–H and O–H groups in total. The minimum absolute atomic E-state index is 0.225. The molecule has 0 amide bonds. The Hall–Kier alpha value is -0.120. The van der Waals surface area contributed by atoms with Crippen LogP contribution in [0.15, 0.2) is 0 Å². The third-order valence-corrected chi connectivity index (χ3v) is 1.98. The van der Waals surface area contributed by atoms with Crippen molar-refractivity contribution in [3.05, 3.63) is 0 Å². The first-order chi connectivity index (χ1) is 5.52. The summed E-state index contributed by atoms with van der Waals surface area (Å²) in [7, 11) is 1.70. The molecule has 0 heterocycles. The molecule has 0 spiro atoms. The second-order valence-corrected chi connectivity index (χ2v) is 4.10. The first kappa shape index (κ1) is 11.9. The Morgan fingerprint density at radius 1 is 1.42 bits per heavy atom. The van der Waals surface area contributed by atoms with Gasteiger partial charge >= 0.3 is 0 Å². The van der Waals surface area contributed by atoms with Gasteiger partial charge in [0.15, 0.2) is 0 Å². The van der Waals surface area contributed by atoms with E-state index < -0.39 is 0 Å². The predicted molar refractivity (Wildman–Crippen MR) is 52.2 cm³/mol. The molecule has 3 heteroatoms. The number of nitrogens with one attached hydrogen (secondary N) is 1. The molecule has 0 fully saturated rings. The highest BCUT2D eigenvalue weighted by atomic mass is 16.5. The number of methoxy groups -OCH3 is 1. The Morgan fingerprint density at radius 2 is 2.00 bits per heavy atom. The highest BCUT2D eigenvalue weighted by Crippen LogP contribution is 2.17. The van der Waals surface area contributed by atoms with Crippen molar-refractivity contribution in [2.45, 2.75) is 26.8 Å². The van der Waals surface area contributed by atoms with Crippen LogP contribution in [0.1, 0.15) is 20.8 Å².